The number of hydrogen-bond acceptors (Lipinski definition) is 3. The molecular formula is C12H25N3O. The summed E-state index contributed by atoms with van der Waals surface area (Å²) >= 11 is 0. The molecule has 0 radical (unpaired) electrons. The molecule has 1 unspecified atom stereocenters. The largest absolute Gasteiger partial charge is 0.353 e. The van der Waals surface area contributed by atoms with Crippen molar-refractivity contribution in [3.8, 4) is 0 Å². The number of nitrogens with one attached hydrogen (secondary N) is 1. The summed E-state index contributed by atoms with van der Waals surface area (Å²) in [7, 11) is 0. The van der Waals surface area contributed by atoms with Gasteiger partial charge in [0, 0.05) is 31.6 Å². The average molecular weight is 227 g/mol. The molecule has 4 heteroatoms. The molecular weight excluding hydrogens is 202 g/mol. The summed E-state index contributed by atoms with van der Waals surface area (Å²) in [6.45, 7) is 7.47. The predicted molar refractivity (Wildman–Crippen MR) is 66.2 cm³/mol. The Hall–Kier alpha value is -0.610. The van der Waals surface area contributed by atoms with E-state index in [9.17, 15) is 4.79 Å². The molecule has 1 rings (SSSR count). The van der Waals surface area contributed by atoms with Gasteiger partial charge in [-0.3, -0.25) is 4.79 Å². The molecule has 94 valence electrons. The fourth-order valence-electron chi connectivity index (χ4n) is 2.20. The minimum Gasteiger partial charge on any atom is -0.353 e. The number of likely N-dealkylation sites (tertiary alicyclic amines) is 1. The van der Waals surface area contributed by atoms with Crippen LogP contribution in [0.25, 0.3) is 0 Å². The molecule has 0 aromatic rings. The highest BCUT2D eigenvalue weighted by Crippen LogP contribution is 2.10. The lowest BCUT2D eigenvalue weighted by molar-refractivity contribution is -0.122. The van der Waals surface area contributed by atoms with Gasteiger partial charge in [-0.2, -0.15) is 0 Å². The minimum absolute atomic E-state index is 0.0415. The van der Waals surface area contributed by atoms with Gasteiger partial charge in [0.2, 0.25) is 5.91 Å². The van der Waals surface area contributed by atoms with Crippen molar-refractivity contribution in [2.24, 2.45) is 5.73 Å². The van der Waals surface area contributed by atoms with Crippen LogP contribution in [-0.4, -0.2) is 42.5 Å². The van der Waals surface area contributed by atoms with Crippen LogP contribution in [0, 0.1) is 0 Å². The summed E-state index contributed by atoms with van der Waals surface area (Å²) in [4.78, 5) is 14.0. The Balaban J connectivity index is 2.19. The summed E-state index contributed by atoms with van der Waals surface area (Å²) in [5, 5.41) is 3.07. The fourth-order valence-corrected chi connectivity index (χ4v) is 2.20. The third kappa shape index (κ3) is 4.94. The van der Waals surface area contributed by atoms with Crippen LogP contribution in [0.1, 0.15) is 39.5 Å². The maximum atomic E-state index is 11.5. The topological polar surface area (TPSA) is 58.4 Å². The first-order valence-electron chi connectivity index (χ1n) is 6.39. The summed E-state index contributed by atoms with van der Waals surface area (Å²) in [6.07, 6.45) is 3.80. The highest BCUT2D eigenvalue weighted by Gasteiger charge is 2.20. The van der Waals surface area contributed by atoms with Gasteiger partial charge >= 0.3 is 0 Å². The van der Waals surface area contributed by atoms with Gasteiger partial charge in [-0.25, -0.2) is 0 Å². The number of carbonyl (C=O) groups is 1. The second kappa shape index (κ2) is 6.86. The Morgan fingerprint density at radius 1 is 1.50 bits per heavy atom. The summed E-state index contributed by atoms with van der Waals surface area (Å²) in [6, 6.07) is 0.319. The first kappa shape index (κ1) is 13.5. The first-order chi connectivity index (χ1) is 7.61. The van der Waals surface area contributed by atoms with Gasteiger partial charge in [-0.1, -0.05) is 6.92 Å². The van der Waals surface area contributed by atoms with Crippen LogP contribution in [0.4, 0.5) is 0 Å². The smallest absolute Gasteiger partial charge is 0.221 e. The first-order valence-corrected chi connectivity index (χ1v) is 6.39. The van der Waals surface area contributed by atoms with E-state index >= 15 is 0 Å². The van der Waals surface area contributed by atoms with Crippen LogP contribution < -0.4 is 11.1 Å². The van der Waals surface area contributed by atoms with Crippen LogP contribution in [0.2, 0.25) is 0 Å². The van der Waals surface area contributed by atoms with E-state index in [-0.39, 0.29) is 11.9 Å². The van der Waals surface area contributed by atoms with Gasteiger partial charge in [-0.05, 0) is 32.7 Å². The third-order valence-electron chi connectivity index (χ3n) is 3.00. The molecule has 1 fully saturated rings. The van der Waals surface area contributed by atoms with E-state index in [4.69, 9.17) is 5.73 Å². The van der Waals surface area contributed by atoms with Crippen LogP contribution >= 0.6 is 0 Å². The molecule has 16 heavy (non-hydrogen) atoms. The van der Waals surface area contributed by atoms with Crippen molar-refractivity contribution in [1.29, 1.82) is 0 Å². The minimum atomic E-state index is -0.0415. The SMILES string of the molecule is CCCN1CCC(NC(=O)CC(C)N)CC1. The van der Waals surface area contributed by atoms with E-state index in [1.165, 1.54) is 13.0 Å². The quantitative estimate of drug-likeness (QED) is 0.727. The van der Waals surface area contributed by atoms with Crippen LogP contribution in [0.15, 0.2) is 0 Å². The van der Waals surface area contributed by atoms with Gasteiger partial charge in [0.1, 0.15) is 0 Å². The van der Waals surface area contributed by atoms with Gasteiger partial charge in [-0.15, -0.1) is 0 Å². The maximum absolute atomic E-state index is 11.5. The van der Waals surface area contributed by atoms with Crippen LogP contribution in [-0.2, 0) is 4.79 Å². The molecule has 0 bridgehead atoms. The molecule has 1 aliphatic heterocycles. The molecule has 1 atom stereocenters. The molecule has 0 aliphatic carbocycles. The van der Waals surface area contributed by atoms with Gasteiger partial charge < -0.3 is 16.0 Å². The lowest BCUT2D eigenvalue weighted by Crippen LogP contribution is -2.45. The van der Waals surface area contributed by atoms with E-state index < -0.39 is 0 Å². The zero-order valence-electron chi connectivity index (χ0n) is 10.5. The zero-order chi connectivity index (χ0) is 12.0. The molecule has 0 saturated carbocycles. The van der Waals surface area contributed by atoms with E-state index in [0.717, 1.165) is 25.9 Å². The normalized spacial score (nSPS) is 20.7. The van der Waals surface area contributed by atoms with Crippen molar-refractivity contribution >= 4 is 5.91 Å². The molecule has 1 saturated heterocycles. The molecule has 3 N–H and O–H groups in total. The van der Waals surface area contributed by atoms with Crippen LogP contribution in [0.3, 0.4) is 0 Å². The molecule has 1 heterocycles. The van der Waals surface area contributed by atoms with Gasteiger partial charge in [0.25, 0.3) is 0 Å². The monoisotopic (exact) mass is 227 g/mol. The lowest BCUT2D eigenvalue weighted by Gasteiger charge is -2.32. The number of carbonyl (C=O) groups excluding carboxylic acids is 1. The van der Waals surface area contributed by atoms with Crippen molar-refractivity contribution in [1.82, 2.24) is 10.2 Å². The van der Waals surface area contributed by atoms with E-state index in [0.29, 0.717) is 12.5 Å². The Labute approximate surface area is 98.6 Å². The number of hydrogen-bond donors (Lipinski definition) is 2. The fraction of sp³-hybridized carbons (Fsp3) is 0.917. The molecule has 0 spiro atoms. The Morgan fingerprint density at radius 2 is 2.12 bits per heavy atom. The Kier molecular flexibility index (Phi) is 5.77. The lowest BCUT2D eigenvalue weighted by atomic mass is 10.0. The molecule has 1 amide bonds. The number of nitrogens with zero attached hydrogens (tertiary/aromatic N) is 1. The number of amides is 1. The summed E-state index contributed by atoms with van der Waals surface area (Å²) in [5.74, 6) is 0.101. The highest BCUT2D eigenvalue weighted by molar-refractivity contribution is 5.76. The third-order valence-corrected chi connectivity index (χ3v) is 3.00. The average Bonchev–Trinajstić information content (AvgIpc) is 2.20. The number of nitrogens with two attached hydrogens (primary N) is 1. The van der Waals surface area contributed by atoms with Crippen molar-refractivity contribution in [3.05, 3.63) is 0 Å². The van der Waals surface area contributed by atoms with Gasteiger partial charge in [0.05, 0.1) is 0 Å². The summed E-state index contributed by atoms with van der Waals surface area (Å²) in [5.41, 5.74) is 5.59. The number of piperidine rings is 1. The predicted octanol–water partition coefficient (Wildman–Crippen LogP) is 0.714. The van der Waals surface area contributed by atoms with Crippen molar-refractivity contribution in [2.75, 3.05) is 19.6 Å². The van der Waals surface area contributed by atoms with Crippen molar-refractivity contribution in [2.45, 2.75) is 51.6 Å². The van der Waals surface area contributed by atoms with E-state index in [1.54, 1.807) is 0 Å². The second-order valence-corrected chi connectivity index (χ2v) is 4.86. The standard InChI is InChI=1S/C12H25N3O/c1-3-6-15-7-4-11(5-8-15)14-12(16)9-10(2)13/h10-11H,3-9,13H2,1-2H3,(H,14,16). The molecule has 4 nitrogen and oxygen atoms in total. The highest BCUT2D eigenvalue weighted by atomic mass is 16.1. The molecule has 0 aromatic carbocycles. The van der Waals surface area contributed by atoms with E-state index in [2.05, 4.69) is 17.1 Å². The molecule has 0 aromatic heterocycles. The summed E-state index contributed by atoms with van der Waals surface area (Å²) < 4.78 is 0. The Morgan fingerprint density at radius 3 is 2.62 bits per heavy atom. The second-order valence-electron chi connectivity index (χ2n) is 4.86. The van der Waals surface area contributed by atoms with Crippen molar-refractivity contribution in [3.63, 3.8) is 0 Å². The van der Waals surface area contributed by atoms with Crippen molar-refractivity contribution < 1.29 is 4.79 Å². The zero-order valence-corrected chi connectivity index (χ0v) is 10.5. The van der Waals surface area contributed by atoms with Crippen LogP contribution in [0.5, 0.6) is 0 Å². The Bertz CT molecular complexity index is 210. The maximum Gasteiger partial charge on any atom is 0.221 e. The van der Waals surface area contributed by atoms with Gasteiger partial charge in [0.15, 0.2) is 0 Å². The molecule has 1 aliphatic rings. The van der Waals surface area contributed by atoms with E-state index in [1.807, 2.05) is 6.92 Å². The number of rotatable bonds is 5.